The number of aryl methyl sites for hydroxylation is 1. The van der Waals surface area contributed by atoms with Gasteiger partial charge in [-0.05, 0) is 25.5 Å². The van der Waals surface area contributed by atoms with E-state index in [1.807, 2.05) is 31.2 Å². The number of nitrogens with two attached hydrogens (primary N) is 1. The molecule has 5 nitrogen and oxygen atoms in total. The van der Waals surface area contributed by atoms with Crippen LogP contribution in [-0.2, 0) is 6.42 Å². The number of rotatable bonds is 5. The van der Waals surface area contributed by atoms with Crippen molar-refractivity contribution in [3.63, 3.8) is 0 Å². The Bertz CT molecular complexity index is 508. The number of methoxy groups -OCH3 is 1. The maximum absolute atomic E-state index is 5.69. The molecule has 1 aromatic carbocycles. The van der Waals surface area contributed by atoms with E-state index in [1.165, 1.54) is 0 Å². The number of hydrogen-bond donors (Lipinski definition) is 1. The van der Waals surface area contributed by atoms with E-state index in [9.17, 15) is 0 Å². The molecule has 1 atom stereocenters. The van der Waals surface area contributed by atoms with Crippen molar-refractivity contribution in [3.05, 3.63) is 30.2 Å². The van der Waals surface area contributed by atoms with Gasteiger partial charge in [-0.25, -0.2) is 0 Å². The Morgan fingerprint density at radius 1 is 1.39 bits per heavy atom. The molecule has 0 amide bonds. The topological polar surface area (TPSA) is 74.2 Å². The molecule has 0 aliphatic rings. The highest BCUT2D eigenvalue weighted by atomic mass is 16.5. The van der Waals surface area contributed by atoms with Crippen molar-refractivity contribution in [1.29, 1.82) is 0 Å². The fraction of sp³-hybridized carbons (Fsp3) is 0.385. The lowest BCUT2D eigenvalue weighted by Crippen LogP contribution is -2.15. The average molecular weight is 247 g/mol. The van der Waals surface area contributed by atoms with E-state index in [4.69, 9.17) is 15.0 Å². The maximum Gasteiger partial charge on any atom is 0.227 e. The van der Waals surface area contributed by atoms with Gasteiger partial charge in [0, 0.05) is 12.5 Å². The standard InChI is InChI=1S/C13H17N3O2/c1-9(14)7-8-12-15-13(16-18-12)10-5-3-4-6-11(10)17-2/h3-6,9H,7-8,14H2,1-2H3. The van der Waals surface area contributed by atoms with Crippen LogP contribution in [0, 0.1) is 0 Å². The molecule has 18 heavy (non-hydrogen) atoms. The van der Waals surface area contributed by atoms with E-state index in [0.717, 1.165) is 17.7 Å². The lowest BCUT2D eigenvalue weighted by Gasteiger charge is -2.03. The summed E-state index contributed by atoms with van der Waals surface area (Å²) in [4.78, 5) is 4.35. The smallest absolute Gasteiger partial charge is 0.227 e. The van der Waals surface area contributed by atoms with E-state index < -0.39 is 0 Å². The largest absolute Gasteiger partial charge is 0.496 e. The Kier molecular flexibility index (Phi) is 3.94. The van der Waals surface area contributed by atoms with Gasteiger partial charge in [-0.3, -0.25) is 0 Å². The van der Waals surface area contributed by atoms with Gasteiger partial charge in [0.1, 0.15) is 5.75 Å². The highest BCUT2D eigenvalue weighted by molar-refractivity contribution is 5.63. The molecule has 0 saturated carbocycles. The average Bonchev–Trinajstić information content (AvgIpc) is 2.85. The molecule has 2 aromatic rings. The van der Waals surface area contributed by atoms with Crippen LogP contribution < -0.4 is 10.5 Å². The van der Waals surface area contributed by atoms with E-state index in [1.54, 1.807) is 7.11 Å². The van der Waals surface area contributed by atoms with Crippen LogP contribution in [0.1, 0.15) is 19.2 Å². The minimum atomic E-state index is 0.131. The van der Waals surface area contributed by atoms with E-state index in [0.29, 0.717) is 18.1 Å². The molecular formula is C13H17N3O2. The van der Waals surface area contributed by atoms with Crippen LogP contribution in [0.2, 0.25) is 0 Å². The van der Waals surface area contributed by atoms with Crippen molar-refractivity contribution in [3.8, 4) is 17.1 Å². The Morgan fingerprint density at radius 3 is 2.89 bits per heavy atom. The molecule has 0 radical (unpaired) electrons. The number of hydrogen-bond acceptors (Lipinski definition) is 5. The van der Waals surface area contributed by atoms with Crippen LogP contribution in [0.15, 0.2) is 28.8 Å². The molecule has 96 valence electrons. The molecule has 0 saturated heterocycles. The van der Waals surface area contributed by atoms with Gasteiger partial charge in [0.15, 0.2) is 0 Å². The SMILES string of the molecule is COc1ccccc1-c1noc(CCC(C)N)n1. The number of ether oxygens (including phenoxy) is 1. The van der Waals surface area contributed by atoms with Crippen LogP contribution in [-0.4, -0.2) is 23.3 Å². The second kappa shape index (κ2) is 5.64. The van der Waals surface area contributed by atoms with Crippen molar-refractivity contribution in [1.82, 2.24) is 10.1 Å². The molecule has 2 N–H and O–H groups in total. The number of para-hydroxylation sites is 1. The Labute approximate surface area is 106 Å². The van der Waals surface area contributed by atoms with Crippen molar-refractivity contribution in [2.75, 3.05) is 7.11 Å². The maximum atomic E-state index is 5.69. The summed E-state index contributed by atoms with van der Waals surface area (Å²) in [7, 11) is 1.62. The first-order valence-corrected chi connectivity index (χ1v) is 5.92. The Balaban J connectivity index is 2.18. The summed E-state index contributed by atoms with van der Waals surface area (Å²) in [6.45, 7) is 1.96. The van der Waals surface area contributed by atoms with Gasteiger partial charge in [-0.2, -0.15) is 4.98 Å². The zero-order valence-electron chi connectivity index (χ0n) is 10.6. The van der Waals surface area contributed by atoms with E-state index >= 15 is 0 Å². The molecule has 0 bridgehead atoms. The lowest BCUT2D eigenvalue weighted by molar-refractivity contribution is 0.372. The highest BCUT2D eigenvalue weighted by Gasteiger charge is 2.12. The highest BCUT2D eigenvalue weighted by Crippen LogP contribution is 2.27. The van der Waals surface area contributed by atoms with Crippen LogP contribution in [0.5, 0.6) is 5.75 Å². The van der Waals surface area contributed by atoms with Gasteiger partial charge in [-0.1, -0.05) is 17.3 Å². The quantitative estimate of drug-likeness (QED) is 0.875. The van der Waals surface area contributed by atoms with Crippen molar-refractivity contribution in [2.24, 2.45) is 5.73 Å². The molecule has 1 aromatic heterocycles. The van der Waals surface area contributed by atoms with Crippen LogP contribution in [0.4, 0.5) is 0 Å². The summed E-state index contributed by atoms with van der Waals surface area (Å²) in [6, 6.07) is 7.72. The predicted octanol–water partition coefficient (Wildman–Crippen LogP) is 2.02. The third kappa shape index (κ3) is 2.87. The third-order valence-electron chi connectivity index (χ3n) is 2.63. The fourth-order valence-electron chi connectivity index (χ4n) is 1.65. The summed E-state index contributed by atoms with van der Waals surface area (Å²) in [5.41, 5.74) is 6.52. The molecule has 0 fully saturated rings. The molecule has 5 heteroatoms. The Morgan fingerprint density at radius 2 is 2.17 bits per heavy atom. The summed E-state index contributed by atoms with van der Waals surface area (Å²) in [6.07, 6.45) is 1.52. The third-order valence-corrected chi connectivity index (χ3v) is 2.63. The zero-order valence-corrected chi connectivity index (χ0v) is 10.6. The number of nitrogens with zero attached hydrogens (tertiary/aromatic N) is 2. The molecule has 1 unspecified atom stereocenters. The van der Waals surface area contributed by atoms with E-state index in [-0.39, 0.29) is 6.04 Å². The summed E-state index contributed by atoms with van der Waals surface area (Å²) in [5, 5.41) is 3.97. The first-order chi connectivity index (χ1) is 8.70. The lowest BCUT2D eigenvalue weighted by atomic mass is 10.2. The van der Waals surface area contributed by atoms with Gasteiger partial charge in [0.2, 0.25) is 11.7 Å². The van der Waals surface area contributed by atoms with Crippen molar-refractivity contribution in [2.45, 2.75) is 25.8 Å². The zero-order chi connectivity index (χ0) is 13.0. The van der Waals surface area contributed by atoms with Gasteiger partial charge in [0.05, 0.1) is 12.7 Å². The molecule has 2 rings (SSSR count). The monoisotopic (exact) mass is 247 g/mol. The van der Waals surface area contributed by atoms with Crippen LogP contribution in [0.25, 0.3) is 11.4 Å². The van der Waals surface area contributed by atoms with Gasteiger partial charge >= 0.3 is 0 Å². The number of benzene rings is 1. The predicted molar refractivity (Wildman–Crippen MR) is 68.3 cm³/mol. The first-order valence-electron chi connectivity index (χ1n) is 5.92. The summed E-state index contributed by atoms with van der Waals surface area (Å²) in [5.74, 6) is 1.89. The first kappa shape index (κ1) is 12.6. The van der Waals surface area contributed by atoms with Gasteiger partial charge in [-0.15, -0.1) is 0 Å². The van der Waals surface area contributed by atoms with Crippen molar-refractivity contribution >= 4 is 0 Å². The number of aromatic nitrogens is 2. The van der Waals surface area contributed by atoms with E-state index in [2.05, 4.69) is 10.1 Å². The van der Waals surface area contributed by atoms with Crippen LogP contribution >= 0.6 is 0 Å². The normalized spacial score (nSPS) is 12.4. The minimum absolute atomic E-state index is 0.131. The van der Waals surface area contributed by atoms with Gasteiger partial charge in [0.25, 0.3) is 0 Å². The summed E-state index contributed by atoms with van der Waals surface area (Å²) >= 11 is 0. The molecule has 0 spiro atoms. The summed E-state index contributed by atoms with van der Waals surface area (Å²) < 4.78 is 10.5. The van der Waals surface area contributed by atoms with Crippen molar-refractivity contribution < 1.29 is 9.26 Å². The molecule has 0 aliphatic heterocycles. The molecule has 0 aliphatic carbocycles. The van der Waals surface area contributed by atoms with Crippen LogP contribution in [0.3, 0.4) is 0 Å². The second-order valence-electron chi connectivity index (χ2n) is 4.23. The fourth-order valence-corrected chi connectivity index (χ4v) is 1.65. The molecule has 1 heterocycles. The Hall–Kier alpha value is -1.88. The molecular weight excluding hydrogens is 230 g/mol. The van der Waals surface area contributed by atoms with Gasteiger partial charge < -0.3 is 15.0 Å². The minimum Gasteiger partial charge on any atom is -0.496 e. The second-order valence-corrected chi connectivity index (χ2v) is 4.23.